The first-order valence-electron chi connectivity index (χ1n) is 8.28. The first kappa shape index (κ1) is 16.5. The van der Waals surface area contributed by atoms with Crippen molar-refractivity contribution in [3.8, 4) is 0 Å². The van der Waals surface area contributed by atoms with Gasteiger partial charge in [0.1, 0.15) is 5.82 Å². The van der Waals surface area contributed by atoms with Crippen LogP contribution in [0.2, 0.25) is 0 Å². The number of urea groups is 1. The molecule has 0 radical (unpaired) electrons. The van der Waals surface area contributed by atoms with Gasteiger partial charge in [0.2, 0.25) is 0 Å². The molecule has 2 amide bonds. The summed E-state index contributed by atoms with van der Waals surface area (Å²) in [5.74, 6) is 1.08. The molecule has 1 aliphatic heterocycles. The minimum Gasteiger partial charge on any atom is -0.396 e. The summed E-state index contributed by atoms with van der Waals surface area (Å²) in [5, 5.41) is 13.3. The van der Waals surface area contributed by atoms with Crippen LogP contribution in [0.25, 0.3) is 10.9 Å². The van der Waals surface area contributed by atoms with Gasteiger partial charge in [-0.2, -0.15) is 0 Å². The Kier molecular flexibility index (Phi) is 4.85. The molecule has 0 bridgehead atoms. The van der Waals surface area contributed by atoms with E-state index in [1.54, 1.807) is 4.90 Å². The average Bonchev–Trinajstić information content (AvgIpc) is 3.08. The van der Waals surface area contributed by atoms with Gasteiger partial charge in [-0.3, -0.25) is 0 Å². The number of para-hydroxylation sites is 1. The topological polar surface area (TPSA) is 68.7 Å². The van der Waals surface area contributed by atoms with Gasteiger partial charge < -0.3 is 20.2 Å². The van der Waals surface area contributed by atoms with Crippen LogP contribution in [0.5, 0.6) is 0 Å². The summed E-state index contributed by atoms with van der Waals surface area (Å²) in [6, 6.07) is 9.91. The Balaban J connectivity index is 1.76. The predicted octanol–water partition coefficient (Wildman–Crippen LogP) is 1.82. The molecule has 128 valence electrons. The van der Waals surface area contributed by atoms with Gasteiger partial charge in [0.05, 0.1) is 5.52 Å². The maximum Gasteiger partial charge on any atom is 0.317 e. The number of hydrogen-bond acceptors (Lipinski definition) is 4. The number of nitrogens with one attached hydrogen (secondary N) is 1. The molecule has 6 nitrogen and oxygen atoms in total. The van der Waals surface area contributed by atoms with E-state index in [4.69, 9.17) is 0 Å². The number of aliphatic hydroxyl groups excluding tert-OH is 1. The number of aromatic nitrogens is 1. The molecular weight excluding hydrogens is 304 g/mol. The smallest absolute Gasteiger partial charge is 0.317 e. The quantitative estimate of drug-likeness (QED) is 0.898. The summed E-state index contributed by atoms with van der Waals surface area (Å²) >= 11 is 0. The van der Waals surface area contributed by atoms with E-state index < -0.39 is 0 Å². The standard InChI is InChI=1S/C18H24N4O2/c1-21(2)17-9-14(15-5-3-4-6-16(15)20-17)10-19-18(24)22-8-7-13(11-22)12-23/h3-6,9,13,23H,7-8,10-12H2,1-2H3,(H,19,24). The van der Waals surface area contributed by atoms with Crippen molar-refractivity contribution < 1.29 is 9.90 Å². The molecule has 3 rings (SSSR count). The predicted molar refractivity (Wildman–Crippen MR) is 95.1 cm³/mol. The van der Waals surface area contributed by atoms with E-state index in [9.17, 15) is 9.90 Å². The molecule has 6 heteroatoms. The molecule has 2 heterocycles. The summed E-state index contributed by atoms with van der Waals surface area (Å²) in [6.07, 6.45) is 0.868. The molecule has 0 aliphatic carbocycles. The number of aliphatic hydroxyl groups is 1. The number of likely N-dealkylation sites (tertiary alicyclic amines) is 1. The summed E-state index contributed by atoms with van der Waals surface area (Å²) in [5.41, 5.74) is 1.98. The largest absolute Gasteiger partial charge is 0.396 e. The third kappa shape index (κ3) is 3.43. The number of nitrogens with zero attached hydrogens (tertiary/aromatic N) is 3. The molecule has 24 heavy (non-hydrogen) atoms. The van der Waals surface area contributed by atoms with Gasteiger partial charge in [0.15, 0.2) is 0 Å². The van der Waals surface area contributed by atoms with Crippen LogP contribution in [0, 0.1) is 5.92 Å². The number of amides is 2. The molecule has 1 aromatic carbocycles. The van der Waals surface area contributed by atoms with Gasteiger partial charge in [-0.1, -0.05) is 18.2 Å². The van der Waals surface area contributed by atoms with Gasteiger partial charge in [0, 0.05) is 51.6 Å². The van der Waals surface area contributed by atoms with Gasteiger partial charge in [0.25, 0.3) is 0 Å². The minimum absolute atomic E-state index is 0.0711. The van der Waals surface area contributed by atoms with Gasteiger partial charge in [-0.25, -0.2) is 9.78 Å². The van der Waals surface area contributed by atoms with E-state index in [-0.39, 0.29) is 18.6 Å². The Morgan fingerprint density at radius 3 is 2.92 bits per heavy atom. The summed E-state index contributed by atoms with van der Waals surface area (Å²) < 4.78 is 0. The van der Waals surface area contributed by atoms with E-state index in [0.717, 1.165) is 28.7 Å². The second kappa shape index (κ2) is 7.05. The molecular formula is C18H24N4O2. The van der Waals surface area contributed by atoms with Gasteiger partial charge in [-0.15, -0.1) is 0 Å². The molecule has 2 N–H and O–H groups in total. The van der Waals surface area contributed by atoms with E-state index in [2.05, 4.69) is 10.3 Å². The zero-order valence-corrected chi connectivity index (χ0v) is 14.2. The fourth-order valence-electron chi connectivity index (χ4n) is 3.06. The second-order valence-electron chi connectivity index (χ2n) is 6.49. The molecule has 0 spiro atoms. The van der Waals surface area contributed by atoms with Crippen molar-refractivity contribution in [1.82, 2.24) is 15.2 Å². The maximum atomic E-state index is 12.3. The number of fused-ring (bicyclic) bond motifs is 1. The maximum absolute atomic E-state index is 12.3. The van der Waals surface area contributed by atoms with Crippen LogP contribution >= 0.6 is 0 Å². The van der Waals surface area contributed by atoms with Crippen LogP contribution < -0.4 is 10.2 Å². The lowest BCUT2D eigenvalue weighted by molar-refractivity contribution is 0.198. The highest BCUT2D eigenvalue weighted by atomic mass is 16.3. The zero-order valence-electron chi connectivity index (χ0n) is 14.2. The van der Waals surface area contributed by atoms with E-state index in [1.807, 2.05) is 49.3 Å². The third-order valence-electron chi connectivity index (χ3n) is 4.51. The molecule has 1 unspecified atom stereocenters. The lowest BCUT2D eigenvalue weighted by atomic mass is 10.1. The summed E-state index contributed by atoms with van der Waals surface area (Å²) in [6.45, 7) is 1.94. The molecule has 1 aromatic heterocycles. The van der Waals surface area contributed by atoms with Crippen molar-refractivity contribution in [3.63, 3.8) is 0 Å². The highest BCUT2D eigenvalue weighted by Gasteiger charge is 2.25. The van der Waals surface area contributed by atoms with E-state index in [1.165, 1.54) is 0 Å². The first-order chi connectivity index (χ1) is 11.6. The normalized spacial score (nSPS) is 17.3. The van der Waals surface area contributed by atoms with Crippen LogP contribution in [-0.2, 0) is 6.54 Å². The van der Waals surface area contributed by atoms with Crippen molar-refractivity contribution >= 4 is 22.8 Å². The number of carbonyl (C=O) groups excluding carboxylic acids is 1. The van der Waals surface area contributed by atoms with Crippen LogP contribution in [0.1, 0.15) is 12.0 Å². The highest BCUT2D eigenvalue weighted by Crippen LogP contribution is 2.22. The Morgan fingerprint density at radius 1 is 1.42 bits per heavy atom. The SMILES string of the molecule is CN(C)c1cc(CNC(=O)N2CCC(CO)C2)c2ccccc2n1. The molecule has 1 fully saturated rings. The molecule has 1 atom stereocenters. The van der Waals surface area contributed by atoms with Gasteiger partial charge in [-0.05, 0) is 24.1 Å². The Bertz CT molecular complexity index is 732. The molecule has 0 saturated carbocycles. The fraction of sp³-hybridized carbons (Fsp3) is 0.444. The summed E-state index contributed by atoms with van der Waals surface area (Å²) in [4.78, 5) is 20.7. The molecule has 1 aliphatic rings. The Labute approximate surface area is 142 Å². The van der Waals surface area contributed by atoms with Crippen molar-refractivity contribution in [3.05, 3.63) is 35.9 Å². The van der Waals surface area contributed by atoms with Crippen molar-refractivity contribution in [2.45, 2.75) is 13.0 Å². The lowest BCUT2D eigenvalue weighted by Gasteiger charge is -2.19. The number of benzene rings is 1. The van der Waals surface area contributed by atoms with Crippen molar-refractivity contribution in [2.24, 2.45) is 5.92 Å². The number of hydrogen-bond donors (Lipinski definition) is 2. The van der Waals surface area contributed by atoms with E-state index >= 15 is 0 Å². The Morgan fingerprint density at radius 2 is 2.21 bits per heavy atom. The number of carbonyl (C=O) groups is 1. The summed E-state index contributed by atoms with van der Waals surface area (Å²) in [7, 11) is 3.91. The average molecular weight is 328 g/mol. The lowest BCUT2D eigenvalue weighted by Crippen LogP contribution is -2.38. The fourth-order valence-corrected chi connectivity index (χ4v) is 3.06. The third-order valence-corrected chi connectivity index (χ3v) is 4.51. The zero-order chi connectivity index (χ0) is 17.1. The second-order valence-corrected chi connectivity index (χ2v) is 6.49. The minimum atomic E-state index is -0.0711. The first-order valence-corrected chi connectivity index (χ1v) is 8.28. The van der Waals surface area contributed by atoms with Gasteiger partial charge >= 0.3 is 6.03 Å². The van der Waals surface area contributed by atoms with Crippen LogP contribution in [0.3, 0.4) is 0 Å². The van der Waals surface area contributed by atoms with Crippen LogP contribution in [-0.4, -0.2) is 54.8 Å². The van der Waals surface area contributed by atoms with Crippen LogP contribution in [0.15, 0.2) is 30.3 Å². The van der Waals surface area contributed by atoms with Crippen molar-refractivity contribution in [1.29, 1.82) is 0 Å². The number of anilines is 1. The molecule has 1 saturated heterocycles. The monoisotopic (exact) mass is 328 g/mol. The van der Waals surface area contributed by atoms with E-state index in [0.29, 0.717) is 19.6 Å². The van der Waals surface area contributed by atoms with Crippen molar-refractivity contribution in [2.75, 3.05) is 38.7 Å². The Hall–Kier alpha value is -2.34. The molecule has 2 aromatic rings. The highest BCUT2D eigenvalue weighted by molar-refractivity contribution is 5.84. The van der Waals surface area contributed by atoms with Crippen LogP contribution in [0.4, 0.5) is 10.6 Å². The number of rotatable bonds is 4. The number of pyridine rings is 1.